The summed E-state index contributed by atoms with van der Waals surface area (Å²) in [5.41, 5.74) is 1.83. The minimum Gasteiger partial charge on any atom is -0.493 e. The lowest BCUT2D eigenvalue weighted by atomic mass is 10.2. The minimum absolute atomic E-state index is 0.467. The average Bonchev–Trinajstić information content (AvgIpc) is 2.77. The molecule has 8 heteroatoms. The highest BCUT2D eigenvalue weighted by atomic mass is 16.5. The standard InChI is InChI=1S/C21H24N4O4/c1-26-16-7-5-14(11-18(16)28-3)13-23-20-9-10-22-21(25-20)24-15-6-8-17(27-2)19(12-15)29-4/h5-12H,13H2,1-4H3,(H2,22,23,24,25). The lowest BCUT2D eigenvalue weighted by molar-refractivity contribution is 0.354. The Balaban J connectivity index is 1.68. The maximum absolute atomic E-state index is 5.34. The van der Waals surface area contributed by atoms with E-state index in [0.717, 1.165) is 11.3 Å². The van der Waals surface area contributed by atoms with Gasteiger partial charge in [0.05, 0.1) is 28.4 Å². The Morgan fingerprint density at radius 3 is 2.10 bits per heavy atom. The van der Waals surface area contributed by atoms with Crippen molar-refractivity contribution in [1.82, 2.24) is 9.97 Å². The van der Waals surface area contributed by atoms with E-state index in [1.807, 2.05) is 36.4 Å². The Morgan fingerprint density at radius 2 is 1.41 bits per heavy atom. The monoisotopic (exact) mass is 396 g/mol. The van der Waals surface area contributed by atoms with Gasteiger partial charge in [0.15, 0.2) is 23.0 Å². The first-order valence-electron chi connectivity index (χ1n) is 8.93. The smallest absolute Gasteiger partial charge is 0.229 e. The fourth-order valence-corrected chi connectivity index (χ4v) is 2.74. The van der Waals surface area contributed by atoms with Gasteiger partial charge in [-0.3, -0.25) is 0 Å². The molecule has 0 spiro atoms. The van der Waals surface area contributed by atoms with Gasteiger partial charge in [-0.05, 0) is 35.9 Å². The highest BCUT2D eigenvalue weighted by Gasteiger charge is 2.07. The molecule has 0 aliphatic rings. The van der Waals surface area contributed by atoms with Gasteiger partial charge in [0.25, 0.3) is 0 Å². The molecule has 0 amide bonds. The average molecular weight is 396 g/mol. The van der Waals surface area contributed by atoms with Crippen molar-refractivity contribution in [2.45, 2.75) is 6.54 Å². The van der Waals surface area contributed by atoms with Crippen LogP contribution >= 0.6 is 0 Å². The van der Waals surface area contributed by atoms with Crippen LogP contribution in [0.3, 0.4) is 0 Å². The lowest BCUT2D eigenvalue weighted by Crippen LogP contribution is -2.05. The first kappa shape index (κ1) is 20.1. The van der Waals surface area contributed by atoms with E-state index in [4.69, 9.17) is 18.9 Å². The number of anilines is 3. The van der Waals surface area contributed by atoms with Gasteiger partial charge in [-0.2, -0.15) is 4.98 Å². The summed E-state index contributed by atoms with van der Waals surface area (Å²) in [6.07, 6.45) is 1.69. The second kappa shape index (κ2) is 9.50. The SMILES string of the molecule is COc1ccc(CNc2ccnc(Nc3ccc(OC)c(OC)c3)n2)cc1OC. The summed E-state index contributed by atoms with van der Waals surface area (Å²) in [6, 6.07) is 13.1. The fraction of sp³-hybridized carbons (Fsp3) is 0.238. The summed E-state index contributed by atoms with van der Waals surface area (Å²) in [6.45, 7) is 0.577. The van der Waals surface area contributed by atoms with Gasteiger partial charge in [0.2, 0.25) is 5.95 Å². The highest BCUT2D eigenvalue weighted by Crippen LogP contribution is 2.31. The number of nitrogens with zero attached hydrogens (tertiary/aromatic N) is 2. The first-order chi connectivity index (χ1) is 14.2. The zero-order chi connectivity index (χ0) is 20.6. The van der Waals surface area contributed by atoms with Crippen LogP contribution in [0.1, 0.15) is 5.56 Å². The van der Waals surface area contributed by atoms with Crippen LogP contribution in [0.5, 0.6) is 23.0 Å². The maximum atomic E-state index is 5.34. The van der Waals surface area contributed by atoms with Crippen LogP contribution in [-0.2, 0) is 6.54 Å². The molecular weight excluding hydrogens is 372 g/mol. The molecule has 1 aromatic heterocycles. The van der Waals surface area contributed by atoms with Gasteiger partial charge in [-0.15, -0.1) is 0 Å². The molecule has 0 saturated heterocycles. The zero-order valence-electron chi connectivity index (χ0n) is 16.9. The minimum atomic E-state index is 0.467. The number of nitrogens with one attached hydrogen (secondary N) is 2. The predicted molar refractivity (Wildman–Crippen MR) is 112 cm³/mol. The maximum Gasteiger partial charge on any atom is 0.229 e. The van der Waals surface area contributed by atoms with Crippen LogP contribution in [0.2, 0.25) is 0 Å². The molecule has 0 fully saturated rings. The molecule has 0 aliphatic carbocycles. The summed E-state index contributed by atoms with van der Waals surface area (Å²) < 4.78 is 21.2. The molecule has 0 radical (unpaired) electrons. The van der Waals surface area contributed by atoms with E-state index in [2.05, 4.69) is 20.6 Å². The highest BCUT2D eigenvalue weighted by molar-refractivity contribution is 5.60. The van der Waals surface area contributed by atoms with Gasteiger partial charge in [-0.25, -0.2) is 4.98 Å². The van der Waals surface area contributed by atoms with Gasteiger partial charge in [-0.1, -0.05) is 6.07 Å². The van der Waals surface area contributed by atoms with Crippen molar-refractivity contribution in [3.05, 3.63) is 54.2 Å². The molecule has 3 aromatic rings. The quantitative estimate of drug-likeness (QED) is 0.564. The lowest BCUT2D eigenvalue weighted by Gasteiger charge is -2.12. The second-order valence-electron chi connectivity index (χ2n) is 6.00. The predicted octanol–water partition coefficient (Wildman–Crippen LogP) is 3.87. The molecule has 29 heavy (non-hydrogen) atoms. The van der Waals surface area contributed by atoms with Gasteiger partial charge in [0, 0.05) is 24.5 Å². The Hall–Kier alpha value is -3.68. The van der Waals surface area contributed by atoms with Crippen LogP contribution < -0.4 is 29.6 Å². The number of methoxy groups -OCH3 is 4. The Morgan fingerprint density at radius 1 is 0.759 bits per heavy atom. The number of aromatic nitrogens is 2. The third kappa shape index (κ3) is 4.98. The molecule has 0 aliphatic heterocycles. The molecule has 152 valence electrons. The number of benzene rings is 2. The number of hydrogen-bond donors (Lipinski definition) is 2. The second-order valence-corrected chi connectivity index (χ2v) is 6.00. The molecule has 0 unspecified atom stereocenters. The Labute approximate surface area is 169 Å². The van der Waals surface area contributed by atoms with Crippen molar-refractivity contribution in [1.29, 1.82) is 0 Å². The van der Waals surface area contributed by atoms with Crippen LogP contribution in [0.15, 0.2) is 48.7 Å². The third-order valence-electron chi connectivity index (χ3n) is 4.22. The molecule has 8 nitrogen and oxygen atoms in total. The topological polar surface area (TPSA) is 86.8 Å². The zero-order valence-corrected chi connectivity index (χ0v) is 16.9. The molecule has 0 saturated carbocycles. The van der Waals surface area contributed by atoms with E-state index in [-0.39, 0.29) is 0 Å². The van der Waals surface area contributed by atoms with Crippen molar-refractivity contribution >= 4 is 17.5 Å². The summed E-state index contributed by atoms with van der Waals surface area (Å²) in [4.78, 5) is 8.76. The number of hydrogen-bond acceptors (Lipinski definition) is 8. The Kier molecular flexibility index (Phi) is 6.57. The van der Waals surface area contributed by atoms with Crippen molar-refractivity contribution in [2.75, 3.05) is 39.1 Å². The van der Waals surface area contributed by atoms with E-state index in [1.165, 1.54) is 0 Å². The number of rotatable bonds is 9. The summed E-state index contributed by atoms with van der Waals surface area (Å²) >= 11 is 0. The molecule has 2 aromatic carbocycles. The van der Waals surface area contributed by atoms with Crippen LogP contribution in [0.25, 0.3) is 0 Å². The van der Waals surface area contributed by atoms with E-state index in [0.29, 0.717) is 41.3 Å². The van der Waals surface area contributed by atoms with Crippen molar-refractivity contribution in [3.8, 4) is 23.0 Å². The van der Waals surface area contributed by atoms with Gasteiger partial charge in [0.1, 0.15) is 5.82 Å². The van der Waals surface area contributed by atoms with E-state index >= 15 is 0 Å². The van der Waals surface area contributed by atoms with E-state index in [9.17, 15) is 0 Å². The normalized spacial score (nSPS) is 10.2. The summed E-state index contributed by atoms with van der Waals surface area (Å²) in [5.74, 6) is 3.82. The Bertz CT molecular complexity index is 965. The molecule has 0 bridgehead atoms. The summed E-state index contributed by atoms with van der Waals surface area (Å²) in [5, 5.41) is 6.45. The molecule has 3 rings (SSSR count). The van der Waals surface area contributed by atoms with Crippen LogP contribution in [-0.4, -0.2) is 38.4 Å². The van der Waals surface area contributed by atoms with E-state index < -0.39 is 0 Å². The first-order valence-corrected chi connectivity index (χ1v) is 8.93. The van der Waals surface area contributed by atoms with Crippen LogP contribution in [0.4, 0.5) is 17.5 Å². The fourth-order valence-electron chi connectivity index (χ4n) is 2.74. The van der Waals surface area contributed by atoms with Crippen molar-refractivity contribution in [3.63, 3.8) is 0 Å². The van der Waals surface area contributed by atoms with E-state index in [1.54, 1.807) is 40.7 Å². The molecule has 0 atom stereocenters. The number of ether oxygens (including phenoxy) is 4. The largest absolute Gasteiger partial charge is 0.493 e. The third-order valence-corrected chi connectivity index (χ3v) is 4.22. The summed E-state index contributed by atoms with van der Waals surface area (Å²) in [7, 11) is 6.42. The van der Waals surface area contributed by atoms with Gasteiger partial charge >= 0.3 is 0 Å². The molecular formula is C21H24N4O4. The molecule has 1 heterocycles. The van der Waals surface area contributed by atoms with Crippen LogP contribution in [0, 0.1) is 0 Å². The van der Waals surface area contributed by atoms with Gasteiger partial charge < -0.3 is 29.6 Å². The van der Waals surface area contributed by atoms with Crippen molar-refractivity contribution < 1.29 is 18.9 Å². The molecule has 2 N–H and O–H groups in total. The van der Waals surface area contributed by atoms with Crippen molar-refractivity contribution in [2.24, 2.45) is 0 Å².